The number of ether oxygens (including phenoxy) is 1. The Morgan fingerprint density at radius 2 is 1.82 bits per heavy atom. The van der Waals surface area contributed by atoms with Crippen molar-refractivity contribution in [1.82, 2.24) is 4.90 Å². The van der Waals surface area contributed by atoms with Crippen LogP contribution in [-0.4, -0.2) is 40.1 Å². The first kappa shape index (κ1) is 18.7. The number of amides is 3. The summed E-state index contributed by atoms with van der Waals surface area (Å²) in [6, 6.07) is 9.79. The van der Waals surface area contributed by atoms with E-state index in [-0.39, 0.29) is 23.3 Å². The number of imide groups is 1. The van der Waals surface area contributed by atoms with E-state index in [1.54, 1.807) is 12.1 Å². The van der Waals surface area contributed by atoms with Gasteiger partial charge in [0.2, 0.25) is 5.91 Å². The molecule has 10 heteroatoms. The molecule has 1 aliphatic rings. The molecule has 0 bridgehead atoms. The smallest absolute Gasteiger partial charge is 0.326 e. The standard InChI is InChI=1S/C18H13N3O7/c19-16(23)11-4-1-3-10(7-11)9-28-14(22)8-20-17(24)12-5-2-6-13(21(26)27)15(12)18(20)25/h1-7H,8-9H2,(H2,19,23). The van der Waals surface area contributed by atoms with Crippen LogP contribution in [0.25, 0.3) is 0 Å². The third-order valence-corrected chi connectivity index (χ3v) is 4.07. The van der Waals surface area contributed by atoms with E-state index < -0.39 is 40.8 Å². The van der Waals surface area contributed by atoms with Crippen LogP contribution in [0.5, 0.6) is 0 Å². The minimum atomic E-state index is -0.931. The van der Waals surface area contributed by atoms with Crippen molar-refractivity contribution in [3.8, 4) is 0 Å². The lowest BCUT2D eigenvalue weighted by molar-refractivity contribution is -0.385. The number of nitrogens with two attached hydrogens (primary N) is 1. The molecule has 2 aromatic carbocycles. The average Bonchev–Trinajstić information content (AvgIpc) is 2.91. The first-order valence-corrected chi connectivity index (χ1v) is 7.97. The highest BCUT2D eigenvalue weighted by Gasteiger charge is 2.41. The molecule has 0 aliphatic carbocycles. The summed E-state index contributed by atoms with van der Waals surface area (Å²) in [7, 11) is 0. The van der Waals surface area contributed by atoms with Gasteiger partial charge in [-0.25, -0.2) is 0 Å². The van der Waals surface area contributed by atoms with Gasteiger partial charge in [0, 0.05) is 11.6 Å². The molecule has 0 spiro atoms. The Balaban J connectivity index is 1.70. The van der Waals surface area contributed by atoms with Gasteiger partial charge in [-0.3, -0.25) is 34.2 Å². The Kier molecular flexibility index (Phi) is 4.86. The fourth-order valence-electron chi connectivity index (χ4n) is 2.76. The van der Waals surface area contributed by atoms with Crippen LogP contribution in [0.2, 0.25) is 0 Å². The van der Waals surface area contributed by atoms with Crippen molar-refractivity contribution in [1.29, 1.82) is 0 Å². The Hall–Kier alpha value is -4.08. The van der Waals surface area contributed by atoms with Crippen LogP contribution in [0.15, 0.2) is 42.5 Å². The molecule has 0 saturated heterocycles. The van der Waals surface area contributed by atoms with Crippen molar-refractivity contribution in [2.75, 3.05) is 6.54 Å². The number of nitro benzene ring substituents is 1. The van der Waals surface area contributed by atoms with Crippen LogP contribution >= 0.6 is 0 Å². The van der Waals surface area contributed by atoms with Gasteiger partial charge in [0.15, 0.2) is 0 Å². The number of esters is 1. The van der Waals surface area contributed by atoms with E-state index >= 15 is 0 Å². The molecule has 0 unspecified atom stereocenters. The molecule has 0 saturated carbocycles. The third kappa shape index (κ3) is 3.43. The number of carbonyl (C=O) groups is 4. The van der Waals surface area contributed by atoms with Crippen molar-refractivity contribution in [3.05, 3.63) is 74.8 Å². The second kappa shape index (κ2) is 7.27. The van der Waals surface area contributed by atoms with Crippen LogP contribution in [0.1, 0.15) is 36.6 Å². The summed E-state index contributed by atoms with van der Waals surface area (Å²) < 4.78 is 5.03. The minimum Gasteiger partial charge on any atom is -0.459 e. The second-order valence-electron chi connectivity index (χ2n) is 5.88. The summed E-state index contributed by atoms with van der Waals surface area (Å²) in [5.74, 6) is -3.27. The van der Waals surface area contributed by atoms with Crippen LogP contribution in [0.3, 0.4) is 0 Å². The van der Waals surface area contributed by atoms with Crippen LogP contribution in [-0.2, 0) is 16.1 Å². The van der Waals surface area contributed by atoms with Crippen LogP contribution in [0, 0.1) is 10.1 Å². The maximum atomic E-state index is 12.4. The van der Waals surface area contributed by atoms with Gasteiger partial charge in [0.1, 0.15) is 18.7 Å². The lowest BCUT2D eigenvalue weighted by Crippen LogP contribution is -2.35. The van der Waals surface area contributed by atoms with E-state index in [2.05, 4.69) is 0 Å². The Labute approximate surface area is 157 Å². The third-order valence-electron chi connectivity index (χ3n) is 4.07. The summed E-state index contributed by atoms with van der Waals surface area (Å²) in [5, 5.41) is 11.1. The van der Waals surface area contributed by atoms with Crippen LogP contribution in [0.4, 0.5) is 5.69 Å². The molecular formula is C18H13N3O7. The molecule has 2 N–H and O–H groups in total. The molecule has 3 rings (SSSR count). The molecule has 10 nitrogen and oxygen atoms in total. The van der Waals surface area contributed by atoms with E-state index in [4.69, 9.17) is 10.5 Å². The first-order chi connectivity index (χ1) is 13.3. The quantitative estimate of drug-likeness (QED) is 0.339. The summed E-state index contributed by atoms with van der Waals surface area (Å²) in [5.41, 5.74) is 4.91. The Bertz CT molecular complexity index is 1030. The average molecular weight is 383 g/mol. The van der Waals surface area contributed by atoms with Gasteiger partial charge in [0.25, 0.3) is 17.5 Å². The predicted octanol–water partition coefficient (Wildman–Crippen LogP) is 1.03. The van der Waals surface area contributed by atoms with Gasteiger partial charge in [-0.15, -0.1) is 0 Å². The van der Waals surface area contributed by atoms with Gasteiger partial charge in [-0.2, -0.15) is 0 Å². The number of benzene rings is 2. The molecule has 142 valence electrons. The highest BCUT2D eigenvalue weighted by Crippen LogP contribution is 2.30. The van der Waals surface area contributed by atoms with Crippen molar-refractivity contribution in [2.24, 2.45) is 5.73 Å². The number of hydrogen-bond donors (Lipinski definition) is 1. The van der Waals surface area contributed by atoms with E-state index in [1.807, 2.05) is 0 Å². The largest absolute Gasteiger partial charge is 0.459 e. The van der Waals surface area contributed by atoms with Crippen molar-refractivity contribution in [3.63, 3.8) is 0 Å². The number of nitro groups is 1. The topological polar surface area (TPSA) is 150 Å². The number of hydrogen-bond acceptors (Lipinski definition) is 7. The summed E-state index contributed by atoms with van der Waals surface area (Å²) in [6.07, 6.45) is 0. The molecule has 28 heavy (non-hydrogen) atoms. The maximum absolute atomic E-state index is 12.4. The van der Waals surface area contributed by atoms with E-state index in [9.17, 15) is 29.3 Å². The normalized spacial score (nSPS) is 12.6. The van der Waals surface area contributed by atoms with Gasteiger partial charge in [-0.05, 0) is 23.8 Å². The molecule has 1 aliphatic heterocycles. The molecule has 1 heterocycles. The lowest BCUT2D eigenvalue weighted by Gasteiger charge is -2.13. The second-order valence-corrected chi connectivity index (χ2v) is 5.88. The SMILES string of the molecule is NC(=O)c1cccc(COC(=O)CN2C(=O)c3cccc([N+](=O)[O-])c3C2=O)c1. The van der Waals surface area contributed by atoms with Gasteiger partial charge < -0.3 is 10.5 Å². The molecule has 2 aromatic rings. The van der Waals surface area contributed by atoms with Gasteiger partial charge in [-0.1, -0.05) is 18.2 Å². The van der Waals surface area contributed by atoms with Crippen molar-refractivity contribution in [2.45, 2.75) is 6.61 Å². The van der Waals surface area contributed by atoms with E-state index in [0.717, 1.165) is 6.07 Å². The zero-order valence-corrected chi connectivity index (χ0v) is 14.3. The minimum absolute atomic E-state index is 0.138. The fraction of sp³-hybridized carbons (Fsp3) is 0.111. The van der Waals surface area contributed by atoms with E-state index in [1.165, 1.54) is 24.3 Å². The molecular weight excluding hydrogens is 370 g/mol. The van der Waals surface area contributed by atoms with Gasteiger partial charge >= 0.3 is 5.97 Å². The van der Waals surface area contributed by atoms with E-state index in [0.29, 0.717) is 10.5 Å². The molecule has 0 radical (unpaired) electrons. The highest BCUT2D eigenvalue weighted by molar-refractivity contribution is 6.24. The van der Waals surface area contributed by atoms with Gasteiger partial charge in [0.05, 0.1) is 10.5 Å². The summed E-state index contributed by atoms with van der Waals surface area (Å²) >= 11 is 0. The zero-order valence-electron chi connectivity index (χ0n) is 14.3. The highest BCUT2D eigenvalue weighted by atomic mass is 16.6. The number of nitrogens with zero attached hydrogens (tertiary/aromatic N) is 2. The molecule has 3 amide bonds. The Morgan fingerprint density at radius 3 is 2.50 bits per heavy atom. The summed E-state index contributed by atoms with van der Waals surface area (Å²) in [4.78, 5) is 58.9. The molecule has 0 fully saturated rings. The Morgan fingerprint density at radius 1 is 1.11 bits per heavy atom. The number of fused-ring (bicyclic) bond motifs is 1. The summed E-state index contributed by atoms with van der Waals surface area (Å²) in [6.45, 7) is -0.901. The van der Waals surface area contributed by atoms with Crippen molar-refractivity contribution < 1.29 is 28.8 Å². The molecule has 0 aromatic heterocycles. The fourth-order valence-corrected chi connectivity index (χ4v) is 2.76. The first-order valence-electron chi connectivity index (χ1n) is 7.97. The van der Waals surface area contributed by atoms with Crippen molar-refractivity contribution >= 4 is 29.4 Å². The molecule has 0 atom stereocenters. The number of rotatable bonds is 6. The number of primary amides is 1. The zero-order chi connectivity index (χ0) is 20.4. The monoisotopic (exact) mass is 383 g/mol. The lowest BCUT2D eigenvalue weighted by atomic mass is 10.1. The predicted molar refractivity (Wildman–Crippen MR) is 93.2 cm³/mol. The maximum Gasteiger partial charge on any atom is 0.326 e. The number of carbonyl (C=O) groups excluding carboxylic acids is 4. The van der Waals surface area contributed by atoms with Crippen LogP contribution < -0.4 is 5.73 Å².